The molecule has 33 heavy (non-hydrogen) atoms. The SMILES string of the molecule is CCOc1ccc(NC(=O)C2=C(C)Nc3nc4ccccc4n3[C@H]2c2ccc(C)cc2)cc1. The van der Waals surface area contributed by atoms with E-state index < -0.39 is 0 Å². The van der Waals surface area contributed by atoms with Crippen molar-refractivity contribution in [3.05, 3.63) is 95.2 Å². The quantitative estimate of drug-likeness (QED) is 0.421. The highest BCUT2D eigenvalue weighted by Gasteiger charge is 2.34. The van der Waals surface area contributed by atoms with Gasteiger partial charge in [0.05, 0.1) is 29.3 Å². The summed E-state index contributed by atoms with van der Waals surface area (Å²) in [6.45, 7) is 6.53. The Morgan fingerprint density at radius 1 is 1.03 bits per heavy atom. The smallest absolute Gasteiger partial charge is 0.255 e. The lowest BCUT2D eigenvalue weighted by Crippen LogP contribution is -2.30. The number of carbonyl (C=O) groups is 1. The lowest BCUT2D eigenvalue weighted by Gasteiger charge is -2.30. The van der Waals surface area contributed by atoms with Crippen molar-refractivity contribution < 1.29 is 9.53 Å². The number of fused-ring (bicyclic) bond motifs is 3. The molecule has 0 fully saturated rings. The van der Waals surface area contributed by atoms with Crippen LogP contribution in [0.1, 0.15) is 31.0 Å². The van der Waals surface area contributed by atoms with Crippen molar-refractivity contribution in [2.45, 2.75) is 26.8 Å². The highest BCUT2D eigenvalue weighted by Crippen LogP contribution is 2.39. The summed E-state index contributed by atoms with van der Waals surface area (Å²) in [6.07, 6.45) is 0. The molecule has 1 aromatic heterocycles. The van der Waals surface area contributed by atoms with E-state index in [1.54, 1.807) is 0 Å². The number of imidazole rings is 1. The van der Waals surface area contributed by atoms with E-state index in [-0.39, 0.29) is 11.9 Å². The van der Waals surface area contributed by atoms with E-state index in [0.717, 1.165) is 34.0 Å². The number of ether oxygens (including phenoxy) is 1. The molecule has 4 aromatic rings. The molecule has 1 amide bonds. The number of hydrogen-bond donors (Lipinski definition) is 2. The van der Waals surface area contributed by atoms with Crippen LogP contribution in [0.3, 0.4) is 0 Å². The molecule has 0 unspecified atom stereocenters. The van der Waals surface area contributed by atoms with Crippen LogP contribution in [0.15, 0.2) is 84.1 Å². The van der Waals surface area contributed by atoms with Gasteiger partial charge in [-0.3, -0.25) is 9.36 Å². The predicted molar refractivity (Wildman–Crippen MR) is 132 cm³/mol. The number of rotatable bonds is 5. The van der Waals surface area contributed by atoms with Gasteiger partial charge in [0.25, 0.3) is 5.91 Å². The molecule has 0 bridgehead atoms. The summed E-state index contributed by atoms with van der Waals surface area (Å²) < 4.78 is 7.62. The Morgan fingerprint density at radius 2 is 1.76 bits per heavy atom. The van der Waals surface area contributed by atoms with Crippen LogP contribution < -0.4 is 15.4 Å². The van der Waals surface area contributed by atoms with Gasteiger partial charge in [0, 0.05) is 11.4 Å². The summed E-state index contributed by atoms with van der Waals surface area (Å²) in [5.74, 6) is 1.35. The molecule has 5 rings (SSSR count). The third kappa shape index (κ3) is 3.84. The summed E-state index contributed by atoms with van der Waals surface area (Å²) in [6, 6.07) is 23.4. The van der Waals surface area contributed by atoms with Crippen LogP contribution in [0.25, 0.3) is 11.0 Å². The molecule has 2 heterocycles. The van der Waals surface area contributed by atoms with Gasteiger partial charge < -0.3 is 15.4 Å². The normalized spacial score (nSPS) is 15.2. The molecule has 6 nitrogen and oxygen atoms in total. The Balaban J connectivity index is 1.58. The Kier molecular flexibility index (Phi) is 5.34. The van der Waals surface area contributed by atoms with Crippen LogP contribution in [-0.2, 0) is 4.79 Å². The molecule has 2 N–H and O–H groups in total. The van der Waals surface area contributed by atoms with Crippen molar-refractivity contribution in [2.75, 3.05) is 17.2 Å². The van der Waals surface area contributed by atoms with Crippen LogP contribution in [0.2, 0.25) is 0 Å². The average molecular weight is 439 g/mol. The van der Waals surface area contributed by atoms with E-state index in [4.69, 9.17) is 9.72 Å². The first-order chi connectivity index (χ1) is 16.0. The maximum absolute atomic E-state index is 13.6. The highest BCUT2D eigenvalue weighted by molar-refractivity contribution is 6.06. The number of hydrogen-bond acceptors (Lipinski definition) is 4. The fourth-order valence-electron chi connectivity index (χ4n) is 4.32. The van der Waals surface area contributed by atoms with Gasteiger partial charge in [-0.2, -0.15) is 0 Å². The van der Waals surface area contributed by atoms with Crippen molar-refractivity contribution in [1.82, 2.24) is 9.55 Å². The van der Waals surface area contributed by atoms with E-state index in [9.17, 15) is 4.79 Å². The van der Waals surface area contributed by atoms with Crippen molar-refractivity contribution in [3.63, 3.8) is 0 Å². The predicted octanol–water partition coefficient (Wildman–Crippen LogP) is 5.67. The van der Waals surface area contributed by atoms with Crippen molar-refractivity contribution in [1.29, 1.82) is 0 Å². The largest absolute Gasteiger partial charge is 0.494 e. The Hall–Kier alpha value is -4.06. The fraction of sp³-hybridized carbons (Fsp3) is 0.185. The van der Waals surface area contributed by atoms with Crippen molar-refractivity contribution in [3.8, 4) is 5.75 Å². The van der Waals surface area contributed by atoms with Gasteiger partial charge in [0.2, 0.25) is 5.95 Å². The standard InChI is InChI=1S/C27H26N4O2/c1-4-33-21-15-13-20(14-16-21)29-26(32)24-18(3)28-27-30-22-7-5-6-8-23(22)31(27)25(24)19-11-9-17(2)10-12-19/h5-16,25H,4H2,1-3H3,(H,28,30)(H,29,32)/t25-/m0/s1. The Morgan fingerprint density at radius 3 is 2.48 bits per heavy atom. The molecule has 166 valence electrons. The van der Waals surface area contributed by atoms with E-state index in [1.807, 2.05) is 62.4 Å². The molecule has 1 aliphatic rings. The highest BCUT2D eigenvalue weighted by atomic mass is 16.5. The van der Waals surface area contributed by atoms with Crippen LogP contribution in [-0.4, -0.2) is 22.1 Å². The van der Waals surface area contributed by atoms with Crippen LogP contribution in [0.5, 0.6) is 5.75 Å². The number of carbonyl (C=O) groups excluding carboxylic acids is 1. The summed E-state index contributed by atoms with van der Waals surface area (Å²) in [4.78, 5) is 18.4. The number of anilines is 2. The van der Waals surface area contributed by atoms with Gasteiger partial charge >= 0.3 is 0 Å². The second-order valence-corrected chi connectivity index (χ2v) is 8.18. The number of benzene rings is 3. The third-order valence-corrected chi connectivity index (χ3v) is 5.89. The summed E-state index contributed by atoms with van der Waals surface area (Å²) in [5, 5.41) is 6.42. The zero-order valence-electron chi connectivity index (χ0n) is 18.9. The summed E-state index contributed by atoms with van der Waals surface area (Å²) in [5.41, 5.74) is 6.22. The van der Waals surface area contributed by atoms with E-state index in [2.05, 4.69) is 46.4 Å². The van der Waals surface area contributed by atoms with Gasteiger partial charge in [-0.05, 0) is 62.7 Å². The number of para-hydroxylation sites is 2. The molecular weight excluding hydrogens is 412 g/mol. The van der Waals surface area contributed by atoms with Gasteiger partial charge in [0.1, 0.15) is 5.75 Å². The number of allylic oxidation sites excluding steroid dienone is 1. The maximum atomic E-state index is 13.6. The summed E-state index contributed by atoms with van der Waals surface area (Å²) in [7, 11) is 0. The van der Waals surface area contributed by atoms with Gasteiger partial charge in [0.15, 0.2) is 0 Å². The number of aryl methyl sites for hydroxylation is 1. The van der Waals surface area contributed by atoms with Gasteiger partial charge in [-0.25, -0.2) is 4.98 Å². The minimum Gasteiger partial charge on any atom is -0.494 e. The molecule has 3 aromatic carbocycles. The first-order valence-electron chi connectivity index (χ1n) is 11.1. The first kappa shape index (κ1) is 20.8. The summed E-state index contributed by atoms with van der Waals surface area (Å²) >= 11 is 0. The second-order valence-electron chi connectivity index (χ2n) is 8.18. The lowest BCUT2D eigenvalue weighted by atomic mass is 9.93. The van der Waals surface area contributed by atoms with E-state index in [0.29, 0.717) is 17.9 Å². The molecule has 0 radical (unpaired) electrons. The van der Waals surface area contributed by atoms with Crippen LogP contribution in [0, 0.1) is 6.92 Å². The number of amides is 1. The van der Waals surface area contributed by atoms with E-state index in [1.165, 1.54) is 5.56 Å². The molecule has 0 aliphatic carbocycles. The Bertz CT molecular complexity index is 1350. The molecule has 6 heteroatoms. The third-order valence-electron chi connectivity index (χ3n) is 5.89. The minimum atomic E-state index is -0.308. The molecule has 0 saturated heterocycles. The fourth-order valence-corrected chi connectivity index (χ4v) is 4.32. The zero-order chi connectivity index (χ0) is 22.9. The second kappa shape index (κ2) is 8.47. The van der Waals surface area contributed by atoms with Crippen LogP contribution in [0.4, 0.5) is 11.6 Å². The molecule has 1 atom stereocenters. The lowest BCUT2D eigenvalue weighted by molar-refractivity contribution is -0.113. The van der Waals surface area contributed by atoms with Gasteiger partial charge in [-0.15, -0.1) is 0 Å². The number of nitrogens with one attached hydrogen (secondary N) is 2. The Labute approximate surface area is 192 Å². The van der Waals surface area contributed by atoms with E-state index >= 15 is 0 Å². The van der Waals surface area contributed by atoms with Crippen molar-refractivity contribution in [2.24, 2.45) is 0 Å². The monoisotopic (exact) mass is 438 g/mol. The topological polar surface area (TPSA) is 68.2 Å². The van der Waals surface area contributed by atoms with Gasteiger partial charge in [-0.1, -0.05) is 42.0 Å². The molecule has 0 spiro atoms. The average Bonchev–Trinajstić information content (AvgIpc) is 3.18. The number of nitrogens with zero attached hydrogens (tertiary/aromatic N) is 2. The molecule has 1 aliphatic heterocycles. The first-order valence-corrected chi connectivity index (χ1v) is 11.1. The number of aromatic nitrogens is 2. The van der Waals surface area contributed by atoms with Crippen molar-refractivity contribution >= 4 is 28.6 Å². The maximum Gasteiger partial charge on any atom is 0.255 e. The molecular formula is C27H26N4O2. The molecule has 0 saturated carbocycles. The van der Waals surface area contributed by atoms with Crippen LogP contribution >= 0.6 is 0 Å². The minimum absolute atomic E-state index is 0.154. The zero-order valence-corrected chi connectivity index (χ0v) is 18.9.